The van der Waals surface area contributed by atoms with Crippen molar-refractivity contribution in [2.24, 2.45) is 5.11 Å². The van der Waals surface area contributed by atoms with Crippen molar-refractivity contribution in [3.05, 3.63) is 40.3 Å². The maximum absolute atomic E-state index is 11.0. The summed E-state index contributed by atoms with van der Waals surface area (Å²) in [5.74, 6) is 0. The van der Waals surface area contributed by atoms with Gasteiger partial charge in [-0.2, -0.15) is 8.42 Å². The van der Waals surface area contributed by atoms with Gasteiger partial charge >= 0.3 is 0 Å². The van der Waals surface area contributed by atoms with E-state index in [1.54, 1.807) is 12.1 Å². The molecule has 0 aliphatic rings. The lowest BCUT2D eigenvalue weighted by Crippen LogP contribution is -2.14. The monoisotopic (exact) mass is 549 g/mol. The lowest BCUT2D eigenvalue weighted by Gasteiger charge is -2.08. The third kappa shape index (κ3) is 20.9. The average molecular weight is 550 g/mol. The third-order valence-electron chi connectivity index (χ3n) is 4.61. The fourth-order valence-corrected chi connectivity index (χ4v) is 3.26. The highest BCUT2D eigenvalue weighted by Gasteiger charge is 2.08. The van der Waals surface area contributed by atoms with E-state index in [9.17, 15) is 8.42 Å². The van der Waals surface area contributed by atoms with Crippen LogP contribution >= 0.6 is 0 Å². The standard InChI is InChI=1S/C23H39N3O10S/c24-26-25-7-9-31-11-13-33-15-17-35-19-21-36-20-18-34-16-14-32-12-10-30-8-1-2-22-3-5-23(6-4-22)37(27,28)29/h3-6H,1-2,7-21H2,(H,27,28,29). The molecule has 0 radical (unpaired) electrons. The summed E-state index contributed by atoms with van der Waals surface area (Å²) in [6.45, 7) is 7.00. The van der Waals surface area contributed by atoms with Crippen LogP contribution in [0.2, 0.25) is 0 Å². The number of ether oxygens (including phenoxy) is 7. The first-order valence-corrected chi connectivity index (χ1v) is 13.6. The predicted molar refractivity (Wildman–Crippen MR) is 134 cm³/mol. The van der Waals surface area contributed by atoms with Gasteiger partial charge in [-0.25, -0.2) is 0 Å². The summed E-state index contributed by atoms with van der Waals surface area (Å²) in [6.07, 6.45) is 1.55. The zero-order chi connectivity index (χ0) is 26.9. The van der Waals surface area contributed by atoms with Crippen LogP contribution in [0.4, 0.5) is 0 Å². The normalized spacial score (nSPS) is 11.5. The van der Waals surface area contributed by atoms with Crippen LogP contribution in [0.3, 0.4) is 0 Å². The molecule has 1 rings (SSSR count). The van der Waals surface area contributed by atoms with Crippen molar-refractivity contribution in [2.75, 3.05) is 99.0 Å². The van der Waals surface area contributed by atoms with Crippen LogP contribution in [0.5, 0.6) is 0 Å². The average Bonchev–Trinajstić information content (AvgIpc) is 2.88. The second-order valence-corrected chi connectivity index (χ2v) is 8.89. The van der Waals surface area contributed by atoms with E-state index in [1.807, 2.05) is 0 Å². The summed E-state index contributed by atoms with van der Waals surface area (Å²) in [7, 11) is -4.15. The van der Waals surface area contributed by atoms with Crippen molar-refractivity contribution >= 4 is 10.1 Å². The van der Waals surface area contributed by atoms with Crippen LogP contribution in [0.1, 0.15) is 12.0 Å². The molecule has 1 aromatic carbocycles. The van der Waals surface area contributed by atoms with Crippen LogP contribution < -0.4 is 0 Å². The first-order valence-electron chi connectivity index (χ1n) is 12.2. The van der Waals surface area contributed by atoms with Gasteiger partial charge in [-0.3, -0.25) is 4.55 Å². The second kappa shape index (κ2) is 23.3. The van der Waals surface area contributed by atoms with Gasteiger partial charge in [-0.1, -0.05) is 17.2 Å². The number of benzene rings is 1. The quantitative estimate of drug-likeness (QED) is 0.0595. The Morgan fingerprint density at radius 2 is 1.03 bits per heavy atom. The number of aryl methyl sites for hydroxylation is 1. The molecule has 212 valence electrons. The van der Waals surface area contributed by atoms with Gasteiger partial charge in [0.2, 0.25) is 0 Å². The van der Waals surface area contributed by atoms with E-state index in [2.05, 4.69) is 10.0 Å². The number of azide groups is 1. The van der Waals surface area contributed by atoms with Crippen molar-refractivity contribution < 1.29 is 46.1 Å². The van der Waals surface area contributed by atoms with Crippen LogP contribution in [0, 0.1) is 0 Å². The maximum atomic E-state index is 11.0. The highest BCUT2D eigenvalue weighted by molar-refractivity contribution is 7.85. The van der Waals surface area contributed by atoms with Gasteiger partial charge in [0.25, 0.3) is 10.1 Å². The van der Waals surface area contributed by atoms with E-state index in [0.717, 1.165) is 18.4 Å². The van der Waals surface area contributed by atoms with Crippen molar-refractivity contribution in [3.63, 3.8) is 0 Å². The number of nitrogens with zero attached hydrogens (tertiary/aromatic N) is 3. The Morgan fingerprint density at radius 3 is 1.41 bits per heavy atom. The van der Waals surface area contributed by atoms with Crippen molar-refractivity contribution in [3.8, 4) is 0 Å². The molecule has 0 unspecified atom stereocenters. The molecular weight excluding hydrogens is 510 g/mol. The van der Waals surface area contributed by atoms with Gasteiger partial charge in [0, 0.05) is 18.1 Å². The van der Waals surface area contributed by atoms with Gasteiger partial charge in [-0.15, -0.1) is 0 Å². The van der Waals surface area contributed by atoms with E-state index >= 15 is 0 Å². The summed E-state index contributed by atoms with van der Waals surface area (Å²) in [6, 6.07) is 6.14. The summed E-state index contributed by atoms with van der Waals surface area (Å²) in [4.78, 5) is 2.53. The second-order valence-electron chi connectivity index (χ2n) is 7.46. The van der Waals surface area contributed by atoms with Crippen LogP contribution in [-0.4, -0.2) is 112 Å². The Kier molecular flexibility index (Phi) is 20.9. The zero-order valence-corrected chi connectivity index (χ0v) is 22.0. The first kappa shape index (κ1) is 33.2. The van der Waals surface area contributed by atoms with E-state index in [1.165, 1.54) is 12.1 Å². The molecule has 1 aromatic rings. The van der Waals surface area contributed by atoms with Gasteiger partial charge in [0.05, 0.1) is 90.8 Å². The van der Waals surface area contributed by atoms with E-state index in [-0.39, 0.29) is 4.90 Å². The van der Waals surface area contributed by atoms with Gasteiger partial charge in [-0.05, 0) is 36.1 Å². The molecule has 1 N–H and O–H groups in total. The Hall–Kier alpha value is -1.84. The minimum Gasteiger partial charge on any atom is -0.379 e. The summed E-state index contributed by atoms with van der Waals surface area (Å²) >= 11 is 0. The largest absolute Gasteiger partial charge is 0.379 e. The molecular formula is C23H39N3O10S. The Morgan fingerprint density at radius 1 is 0.649 bits per heavy atom. The van der Waals surface area contributed by atoms with Crippen LogP contribution in [-0.2, 0) is 49.7 Å². The number of hydrogen-bond donors (Lipinski definition) is 1. The van der Waals surface area contributed by atoms with Crippen LogP contribution in [0.15, 0.2) is 34.3 Å². The van der Waals surface area contributed by atoms with E-state index in [4.69, 9.17) is 43.2 Å². The maximum Gasteiger partial charge on any atom is 0.294 e. The fourth-order valence-electron chi connectivity index (χ4n) is 2.78. The summed E-state index contributed by atoms with van der Waals surface area (Å²) < 4.78 is 68.7. The molecule has 0 aromatic heterocycles. The first-order chi connectivity index (χ1) is 18.0. The molecule has 13 nitrogen and oxygen atoms in total. The Labute approximate surface area is 218 Å². The SMILES string of the molecule is [N-]=[N+]=NCCOCCOCCOCCOCCOCCOCCOCCCc1ccc(S(=O)(=O)O)cc1. The smallest absolute Gasteiger partial charge is 0.294 e. The topological polar surface area (TPSA) is 168 Å². The van der Waals surface area contributed by atoms with Crippen LogP contribution in [0.25, 0.3) is 10.4 Å². The molecule has 0 aliphatic carbocycles. The van der Waals surface area contributed by atoms with Crippen molar-refractivity contribution in [1.29, 1.82) is 0 Å². The van der Waals surface area contributed by atoms with Gasteiger partial charge in [0.1, 0.15) is 0 Å². The number of rotatable bonds is 26. The number of hydrogen-bond acceptors (Lipinski definition) is 10. The molecule has 0 fully saturated rings. The fraction of sp³-hybridized carbons (Fsp3) is 0.739. The molecule has 14 heteroatoms. The molecule has 0 saturated carbocycles. The molecule has 37 heavy (non-hydrogen) atoms. The molecule has 0 aliphatic heterocycles. The Bertz CT molecular complexity index is 821. The van der Waals surface area contributed by atoms with E-state index < -0.39 is 10.1 Å². The minimum absolute atomic E-state index is 0.106. The highest BCUT2D eigenvalue weighted by atomic mass is 32.2. The van der Waals surface area contributed by atoms with Crippen molar-refractivity contribution in [1.82, 2.24) is 0 Å². The molecule has 0 atom stereocenters. The Balaban J connectivity index is 1.73. The summed E-state index contributed by atoms with van der Waals surface area (Å²) in [5, 5.41) is 3.36. The van der Waals surface area contributed by atoms with Crippen molar-refractivity contribution in [2.45, 2.75) is 17.7 Å². The molecule has 0 bridgehead atoms. The lowest BCUT2D eigenvalue weighted by molar-refractivity contribution is -0.0203. The minimum atomic E-state index is -4.15. The molecule has 0 saturated heterocycles. The predicted octanol–water partition coefficient (Wildman–Crippen LogP) is 2.29. The molecule has 0 spiro atoms. The highest BCUT2D eigenvalue weighted by Crippen LogP contribution is 2.11. The van der Waals surface area contributed by atoms with E-state index in [0.29, 0.717) is 99.0 Å². The van der Waals surface area contributed by atoms with Gasteiger partial charge in [0.15, 0.2) is 0 Å². The summed E-state index contributed by atoms with van der Waals surface area (Å²) in [5.41, 5.74) is 9.09. The molecule has 0 amide bonds. The molecule has 0 heterocycles. The zero-order valence-electron chi connectivity index (χ0n) is 21.2. The lowest BCUT2D eigenvalue weighted by atomic mass is 10.1. The third-order valence-corrected chi connectivity index (χ3v) is 5.47. The van der Waals surface area contributed by atoms with Gasteiger partial charge < -0.3 is 33.2 Å².